The zero-order valence-electron chi connectivity index (χ0n) is 18.5. The summed E-state index contributed by atoms with van der Waals surface area (Å²) in [5.74, 6) is 0.379. The molecule has 1 aromatic rings. The van der Waals surface area contributed by atoms with E-state index in [2.05, 4.69) is 5.32 Å². The van der Waals surface area contributed by atoms with Crippen LogP contribution in [0.3, 0.4) is 0 Å². The second kappa shape index (κ2) is 12.3. The number of alkyl halides is 3. The number of nitrogens with one attached hydrogen (secondary N) is 1. The predicted octanol–water partition coefficient (Wildman–Crippen LogP) is 4.50. The van der Waals surface area contributed by atoms with E-state index < -0.39 is 11.7 Å². The van der Waals surface area contributed by atoms with E-state index in [0.717, 1.165) is 5.56 Å². The fourth-order valence-corrected chi connectivity index (χ4v) is 3.44. The van der Waals surface area contributed by atoms with E-state index in [4.69, 9.17) is 9.84 Å². The first-order valence-electron chi connectivity index (χ1n) is 10.9. The Bertz CT molecular complexity index is 822. The first-order valence-corrected chi connectivity index (χ1v) is 10.9. The lowest BCUT2D eigenvalue weighted by molar-refractivity contribution is -0.134. The third kappa shape index (κ3) is 7.44. The fraction of sp³-hybridized carbons (Fsp3) is 0.458. The molecule has 0 bridgehead atoms. The van der Waals surface area contributed by atoms with Gasteiger partial charge in [0.1, 0.15) is 5.75 Å². The molecule has 1 heterocycles. The average Bonchev–Trinajstić information content (AvgIpc) is 3.05. The molecule has 0 atom stereocenters. The molecule has 1 amide bonds. The number of ether oxygens (including phenoxy) is 1. The molecule has 0 spiro atoms. The number of aliphatic hydroxyl groups excluding tert-OH is 1. The number of likely N-dealkylation sites (tertiary alicyclic amines) is 1. The molecule has 0 aromatic heterocycles. The van der Waals surface area contributed by atoms with Crippen LogP contribution < -0.4 is 10.1 Å². The fourth-order valence-electron chi connectivity index (χ4n) is 3.44. The standard InChI is InChI=1S/C22H25F3N2O3.C2H6/c23-22(24,25)19-4-2-1-3-5-20(19)26-17-10-12-27(13-11-17)21(29)15-30-18-8-6-16(14-28)7-9-18;1-2/h1,3-9,17,26,28H,2,10-15H2;1-2H3. The number of halogens is 3. The Morgan fingerprint density at radius 3 is 2.44 bits per heavy atom. The molecule has 1 aromatic carbocycles. The minimum Gasteiger partial charge on any atom is -0.484 e. The minimum atomic E-state index is -4.41. The molecule has 0 saturated carbocycles. The molecule has 3 rings (SSSR count). The van der Waals surface area contributed by atoms with Gasteiger partial charge in [0.05, 0.1) is 12.2 Å². The minimum absolute atomic E-state index is 0.0599. The van der Waals surface area contributed by atoms with Crippen molar-refractivity contribution < 1.29 is 27.8 Å². The largest absolute Gasteiger partial charge is 0.484 e. The van der Waals surface area contributed by atoms with Gasteiger partial charge in [0, 0.05) is 24.8 Å². The number of aliphatic hydroxyl groups is 1. The van der Waals surface area contributed by atoms with E-state index in [1.54, 1.807) is 41.3 Å². The van der Waals surface area contributed by atoms with Crippen molar-refractivity contribution >= 4 is 5.91 Å². The van der Waals surface area contributed by atoms with Gasteiger partial charge >= 0.3 is 6.18 Å². The quantitative estimate of drug-likeness (QED) is 0.667. The first kappa shape index (κ1) is 25.5. The highest BCUT2D eigenvalue weighted by molar-refractivity contribution is 5.77. The van der Waals surface area contributed by atoms with Crippen LogP contribution in [0.15, 0.2) is 59.8 Å². The number of nitrogens with zero attached hydrogens (tertiary/aromatic N) is 1. The van der Waals surface area contributed by atoms with Gasteiger partial charge in [0.25, 0.3) is 5.91 Å². The third-order valence-corrected chi connectivity index (χ3v) is 5.13. The van der Waals surface area contributed by atoms with Gasteiger partial charge in [-0.25, -0.2) is 0 Å². The summed E-state index contributed by atoms with van der Waals surface area (Å²) < 4.78 is 45.4. The first-order chi connectivity index (χ1) is 15.4. The summed E-state index contributed by atoms with van der Waals surface area (Å²) in [6.45, 7) is 4.75. The number of carbonyl (C=O) groups is 1. The molecule has 0 unspecified atom stereocenters. The smallest absolute Gasteiger partial charge is 0.418 e. The van der Waals surface area contributed by atoms with Gasteiger partial charge in [-0.1, -0.05) is 44.2 Å². The third-order valence-electron chi connectivity index (χ3n) is 5.13. The van der Waals surface area contributed by atoms with Crippen LogP contribution in [0.25, 0.3) is 0 Å². The van der Waals surface area contributed by atoms with Gasteiger partial charge in [-0.3, -0.25) is 4.79 Å². The van der Waals surface area contributed by atoms with Crippen LogP contribution in [0, 0.1) is 0 Å². The maximum absolute atomic E-state index is 13.3. The molecule has 8 heteroatoms. The summed E-state index contributed by atoms with van der Waals surface area (Å²) in [5.41, 5.74) is 0.188. The van der Waals surface area contributed by atoms with E-state index in [0.29, 0.717) is 31.7 Å². The SMILES string of the molecule is CC.O=C(COc1ccc(CO)cc1)N1CCC(NC2=CC=CCC=C2C(F)(F)F)CC1. The summed E-state index contributed by atoms with van der Waals surface area (Å²) in [5, 5.41) is 12.1. The van der Waals surface area contributed by atoms with Gasteiger partial charge in [-0.15, -0.1) is 0 Å². The number of hydrogen-bond acceptors (Lipinski definition) is 4. The highest BCUT2D eigenvalue weighted by atomic mass is 19.4. The maximum Gasteiger partial charge on any atom is 0.418 e. The van der Waals surface area contributed by atoms with Gasteiger partial charge in [-0.05, 0) is 43.0 Å². The van der Waals surface area contributed by atoms with Gasteiger partial charge < -0.3 is 20.1 Å². The van der Waals surface area contributed by atoms with Crippen molar-refractivity contribution in [2.75, 3.05) is 19.7 Å². The van der Waals surface area contributed by atoms with E-state index in [-0.39, 0.29) is 37.3 Å². The number of amides is 1. The second-order valence-corrected chi connectivity index (χ2v) is 7.25. The van der Waals surface area contributed by atoms with Crippen molar-refractivity contribution in [1.82, 2.24) is 10.2 Å². The highest BCUT2D eigenvalue weighted by Crippen LogP contribution is 2.32. The zero-order chi connectivity index (χ0) is 23.6. The van der Waals surface area contributed by atoms with Crippen molar-refractivity contribution in [3.8, 4) is 5.75 Å². The monoisotopic (exact) mass is 452 g/mol. The molecule has 176 valence electrons. The normalized spacial score (nSPS) is 16.9. The van der Waals surface area contributed by atoms with Gasteiger partial charge in [0.15, 0.2) is 6.61 Å². The number of allylic oxidation sites excluding steroid dienone is 5. The van der Waals surface area contributed by atoms with Crippen molar-refractivity contribution in [1.29, 1.82) is 0 Å². The molecule has 2 N–H and O–H groups in total. The Hall–Kier alpha value is -2.74. The Morgan fingerprint density at radius 2 is 1.84 bits per heavy atom. The van der Waals surface area contributed by atoms with Crippen molar-refractivity contribution in [3.63, 3.8) is 0 Å². The number of hydrogen-bond donors (Lipinski definition) is 2. The molecule has 1 fully saturated rings. The van der Waals surface area contributed by atoms with Crippen molar-refractivity contribution in [2.45, 2.75) is 51.9 Å². The van der Waals surface area contributed by atoms with E-state index >= 15 is 0 Å². The molecule has 0 radical (unpaired) electrons. The van der Waals surface area contributed by atoms with E-state index in [1.165, 1.54) is 12.2 Å². The molecular weight excluding hydrogens is 421 g/mol. The summed E-state index contributed by atoms with van der Waals surface area (Å²) >= 11 is 0. The molecule has 1 aliphatic carbocycles. The van der Waals surface area contributed by atoms with Gasteiger partial charge in [0.2, 0.25) is 0 Å². The number of piperidine rings is 1. The number of benzene rings is 1. The van der Waals surface area contributed by atoms with Crippen LogP contribution in [-0.4, -0.2) is 47.8 Å². The summed E-state index contributed by atoms with van der Waals surface area (Å²) in [6, 6.07) is 6.69. The molecular formula is C24H31F3N2O3. The van der Waals surface area contributed by atoms with E-state index in [9.17, 15) is 18.0 Å². The molecule has 1 saturated heterocycles. The Morgan fingerprint density at radius 1 is 1.19 bits per heavy atom. The number of rotatable bonds is 6. The molecule has 32 heavy (non-hydrogen) atoms. The summed E-state index contributed by atoms with van der Waals surface area (Å²) in [7, 11) is 0. The van der Waals surface area contributed by atoms with Crippen molar-refractivity contribution in [2.24, 2.45) is 0 Å². The van der Waals surface area contributed by atoms with E-state index in [1.807, 2.05) is 13.8 Å². The van der Waals surface area contributed by atoms with Crippen molar-refractivity contribution in [3.05, 3.63) is 65.4 Å². The molecule has 5 nitrogen and oxygen atoms in total. The summed E-state index contributed by atoms with van der Waals surface area (Å²) in [6.07, 6.45) is 2.90. The van der Waals surface area contributed by atoms with Crippen LogP contribution in [-0.2, 0) is 11.4 Å². The lowest BCUT2D eigenvalue weighted by Crippen LogP contribution is -2.46. The van der Waals surface area contributed by atoms with Gasteiger partial charge in [-0.2, -0.15) is 13.2 Å². The van der Waals surface area contributed by atoms with Crippen LogP contribution in [0.2, 0.25) is 0 Å². The Labute approximate surface area is 187 Å². The topological polar surface area (TPSA) is 61.8 Å². The molecule has 1 aliphatic heterocycles. The Kier molecular flexibility index (Phi) is 9.84. The number of carbonyl (C=O) groups excluding carboxylic acids is 1. The van der Waals surface area contributed by atoms with Crippen LogP contribution >= 0.6 is 0 Å². The summed E-state index contributed by atoms with van der Waals surface area (Å²) in [4.78, 5) is 14.1. The Balaban J connectivity index is 0.00000176. The predicted molar refractivity (Wildman–Crippen MR) is 118 cm³/mol. The average molecular weight is 453 g/mol. The lowest BCUT2D eigenvalue weighted by atomic mass is 10.0. The lowest BCUT2D eigenvalue weighted by Gasteiger charge is -2.33. The maximum atomic E-state index is 13.3. The van der Waals surface area contributed by atoms with Crippen LogP contribution in [0.4, 0.5) is 13.2 Å². The highest BCUT2D eigenvalue weighted by Gasteiger charge is 2.37. The van der Waals surface area contributed by atoms with Crippen LogP contribution in [0.5, 0.6) is 5.75 Å². The zero-order valence-corrected chi connectivity index (χ0v) is 18.5. The molecule has 2 aliphatic rings. The second-order valence-electron chi connectivity index (χ2n) is 7.25. The van der Waals surface area contributed by atoms with Crippen LogP contribution in [0.1, 0.15) is 38.7 Å².